The molecule has 10 nitrogen and oxygen atoms in total. The number of nitrogens with zero attached hydrogens (tertiary/aromatic N) is 5. The number of rotatable bonds is 5. The lowest BCUT2D eigenvalue weighted by Gasteiger charge is -2.38. The normalized spacial score (nSPS) is 22.8. The summed E-state index contributed by atoms with van der Waals surface area (Å²) in [5.74, 6) is 1.53. The van der Waals surface area contributed by atoms with Crippen molar-refractivity contribution in [1.29, 1.82) is 0 Å². The van der Waals surface area contributed by atoms with Crippen LogP contribution in [0.3, 0.4) is 0 Å². The highest BCUT2D eigenvalue weighted by atomic mass is 127. The Balaban J connectivity index is 0.00000341. The number of ether oxygens (including phenoxy) is 1. The summed E-state index contributed by atoms with van der Waals surface area (Å²) in [5, 5.41) is 3.47. The van der Waals surface area contributed by atoms with Crippen molar-refractivity contribution in [3.8, 4) is 0 Å². The van der Waals surface area contributed by atoms with E-state index in [0.29, 0.717) is 51.9 Å². The number of aliphatic imine (C=N–C) groups is 1. The van der Waals surface area contributed by atoms with Gasteiger partial charge in [-0.3, -0.25) is 14.7 Å². The molecule has 0 saturated carbocycles. The standard InChI is InChI=1S/C19H36N6O4S.HI/c1-20-19(21-15-17-3-5-25(6-4-17)30(2,27)28)24-9-7-22(8-10-24)16-18(26)23-11-13-29-14-12-23;/h17H,3-16H2,1-2H3,(H,20,21);1H. The maximum absolute atomic E-state index is 12.4. The number of hydrogen-bond acceptors (Lipinski definition) is 6. The van der Waals surface area contributed by atoms with Crippen LogP contribution < -0.4 is 5.32 Å². The van der Waals surface area contributed by atoms with Crippen molar-refractivity contribution in [2.75, 3.05) is 92.0 Å². The van der Waals surface area contributed by atoms with Gasteiger partial charge in [0.05, 0.1) is 26.0 Å². The van der Waals surface area contributed by atoms with Crippen LogP contribution in [0.5, 0.6) is 0 Å². The Bertz CT molecular complexity index is 700. The van der Waals surface area contributed by atoms with Crippen molar-refractivity contribution in [2.45, 2.75) is 12.8 Å². The molecule has 3 aliphatic heterocycles. The van der Waals surface area contributed by atoms with Gasteiger partial charge in [0.1, 0.15) is 0 Å². The molecule has 12 heteroatoms. The van der Waals surface area contributed by atoms with Crippen LogP contribution in [0.4, 0.5) is 0 Å². The zero-order valence-corrected chi connectivity index (χ0v) is 21.8. The molecule has 0 aromatic rings. The molecule has 0 spiro atoms. The summed E-state index contributed by atoms with van der Waals surface area (Å²) >= 11 is 0. The van der Waals surface area contributed by atoms with E-state index < -0.39 is 10.0 Å². The summed E-state index contributed by atoms with van der Waals surface area (Å²) in [4.78, 5) is 23.2. The lowest BCUT2D eigenvalue weighted by molar-refractivity contribution is -0.136. The largest absolute Gasteiger partial charge is 0.378 e. The third-order valence-corrected chi connectivity index (χ3v) is 7.50. The summed E-state index contributed by atoms with van der Waals surface area (Å²) < 4.78 is 30.2. The number of halogens is 1. The van der Waals surface area contributed by atoms with Gasteiger partial charge in [-0.25, -0.2) is 12.7 Å². The van der Waals surface area contributed by atoms with Gasteiger partial charge in [-0.15, -0.1) is 24.0 Å². The highest BCUT2D eigenvalue weighted by molar-refractivity contribution is 14.0. The molecular weight excluding hydrogens is 535 g/mol. The SMILES string of the molecule is CN=C(NCC1CCN(S(C)(=O)=O)CC1)N1CCN(CC(=O)N2CCOCC2)CC1.I. The molecular formula is C19H37IN6O4S. The van der Waals surface area contributed by atoms with Gasteiger partial charge in [0.2, 0.25) is 15.9 Å². The van der Waals surface area contributed by atoms with Crippen LogP contribution in [0.2, 0.25) is 0 Å². The minimum Gasteiger partial charge on any atom is -0.378 e. The number of piperazine rings is 1. The summed E-state index contributed by atoms with van der Waals surface area (Å²) in [7, 11) is -1.29. The highest BCUT2D eigenvalue weighted by Crippen LogP contribution is 2.18. The molecule has 0 radical (unpaired) electrons. The number of amides is 1. The molecule has 0 aromatic heterocycles. The third kappa shape index (κ3) is 7.98. The predicted molar refractivity (Wildman–Crippen MR) is 131 cm³/mol. The number of carbonyl (C=O) groups excluding carboxylic acids is 1. The Kier molecular flexibility index (Phi) is 10.7. The maximum atomic E-state index is 12.4. The number of nitrogens with one attached hydrogen (secondary N) is 1. The van der Waals surface area contributed by atoms with Gasteiger partial charge < -0.3 is 19.9 Å². The van der Waals surface area contributed by atoms with Crippen LogP contribution in [0.15, 0.2) is 4.99 Å². The molecule has 3 aliphatic rings. The molecule has 1 N–H and O–H groups in total. The Morgan fingerprint density at radius 2 is 1.61 bits per heavy atom. The molecule has 3 fully saturated rings. The van der Waals surface area contributed by atoms with Gasteiger partial charge in [0.15, 0.2) is 5.96 Å². The van der Waals surface area contributed by atoms with Gasteiger partial charge >= 0.3 is 0 Å². The van der Waals surface area contributed by atoms with E-state index in [2.05, 4.69) is 20.1 Å². The topological polar surface area (TPSA) is 97.8 Å². The molecule has 3 saturated heterocycles. The molecule has 0 unspecified atom stereocenters. The first-order valence-corrected chi connectivity index (χ1v) is 12.7. The summed E-state index contributed by atoms with van der Waals surface area (Å²) in [6, 6.07) is 0. The molecule has 3 heterocycles. The first-order valence-electron chi connectivity index (χ1n) is 10.9. The summed E-state index contributed by atoms with van der Waals surface area (Å²) in [6.07, 6.45) is 3.02. The van der Waals surface area contributed by atoms with Crippen molar-refractivity contribution in [2.24, 2.45) is 10.9 Å². The zero-order chi connectivity index (χ0) is 21.6. The summed E-state index contributed by atoms with van der Waals surface area (Å²) in [5.41, 5.74) is 0. The summed E-state index contributed by atoms with van der Waals surface area (Å²) in [6.45, 7) is 8.47. The van der Waals surface area contributed by atoms with E-state index in [1.165, 1.54) is 6.26 Å². The van der Waals surface area contributed by atoms with Crippen LogP contribution in [0.25, 0.3) is 0 Å². The first kappa shape index (κ1) is 26.6. The second-order valence-corrected chi connectivity index (χ2v) is 10.3. The number of piperidine rings is 1. The average Bonchev–Trinajstić information content (AvgIpc) is 2.75. The second kappa shape index (κ2) is 12.5. The van der Waals surface area contributed by atoms with Crippen molar-refractivity contribution < 1.29 is 17.9 Å². The fourth-order valence-corrected chi connectivity index (χ4v) is 5.11. The zero-order valence-electron chi connectivity index (χ0n) is 18.7. The van der Waals surface area contributed by atoms with Gasteiger partial charge in [-0.2, -0.15) is 0 Å². The quantitative estimate of drug-likeness (QED) is 0.265. The monoisotopic (exact) mass is 572 g/mol. The van der Waals surface area contributed by atoms with Crippen molar-refractivity contribution in [3.05, 3.63) is 0 Å². The minimum absolute atomic E-state index is 0. The van der Waals surface area contributed by atoms with Gasteiger partial charge in [0.25, 0.3) is 0 Å². The van der Waals surface area contributed by atoms with Crippen LogP contribution in [0, 0.1) is 5.92 Å². The minimum atomic E-state index is -3.08. The fraction of sp³-hybridized carbons (Fsp3) is 0.895. The lowest BCUT2D eigenvalue weighted by Crippen LogP contribution is -2.55. The molecule has 0 aromatic carbocycles. The number of carbonyl (C=O) groups is 1. The molecule has 31 heavy (non-hydrogen) atoms. The second-order valence-electron chi connectivity index (χ2n) is 8.29. The number of morpholine rings is 1. The first-order chi connectivity index (χ1) is 14.4. The predicted octanol–water partition coefficient (Wildman–Crippen LogP) is -0.672. The van der Waals surface area contributed by atoms with Gasteiger partial charge in [-0.05, 0) is 18.8 Å². The van der Waals surface area contributed by atoms with Crippen LogP contribution in [-0.4, -0.2) is 131 Å². The van der Waals surface area contributed by atoms with E-state index in [-0.39, 0.29) is 29.9 Å². The lowest BCUT2D eigenvalue weighted by atomic mass is 9.98. The van der Waals surface area contributed by atoms with E-state index in [4.69, 9.17) is 4.74 Å². The highest BCUT2D eigenvalue weighted by Gasteiger charge is 2.27. The Morgan fingerprint density at radius 3 is 2.16 bits per heavy atom. The molecule has 3 rings (SSSR count). The molecule has 1 amide bonds. The van der Waals surface area contributed by atoms with Crippen LogP contribution in [0.1, 0.15) is 12.8 Å². The maximum Gasteiger partial charge on any atom is 0.236 e. The number of sulfonamides is 1. The molecule has 0 atom stereocenters. The van der Waals surface area contributed by atoms with Gasteiger partial charge in [0, 0.05) is 66.0 Å². The van der Waals surface area contributed by atoms with Crippen molar-refractivity contribution in [1.82, 2.24) is 24.3 Å². The van der Waals surface area contributed by atoms with E-state index in [0.717, 1.165) is 51.5 Å². The molecule has 0 aliphatic carbocycles. The Labute approximate surface area is 203 Å². The number of hydrogen-bond donors (Lipinski definition) is 1. The average molecular weight is 573 g/mol. The third-order valence-electron chi connectivity index (χ3n) is 6.20. The van der Waals surface area contributed by atoms with Crippen molar-refractivity contribution >= 4 is 45.9 Å². The van der Waals surface area contributed by atoms with E-state index in [1.807, 2.05) is 4.90 Å². The van der Waals surface area contributed by atoms with E-state index in [1.54, 1.807) is 11.4 Å². The Morgan fingerprint density at radius 1 is 1.00 bits per heavy atom. The molecule has 180 valence electrons. The van der Waals surface area contributed by atoms with E-state index >= 15 is 0 Å². The number of guanidine groups is 1. The molecule has 0 bridgehead atoms. The van der Waals surface area contributed by atoms with Crippen LogP contribution in [-0.2, 0) is 19.6 Å². The Hall–Kier alpha value is -0.700. The van der Waals surface area contributed by atoms with Crippen molar-refractivity contribution in [3.63, 3.8) is 0 Å². The van der Waals surface area contributed by atoms with Crippen LogP contribution >= 0.6 is 24.0 Å². The fourth-order valence-electron chi connectivity index (χ4n) is 4.23. The van der Waals surface area contributed by atoms with Gasteiger partial charge in [-0.1, -0.05) is 0 Å². The van der Waals surface area contributed by atoms with E-state index in [9.17, 15) is 13.2 Å². The smallest absolute Gasteiger partial charge is 0.236 e.